The lowest BCUT2D eigenvalue weighted by atomic mass is 10.1. The lowest BCUT2D eigenvalue weighted by molar-refractivity contribution is 0.565. The van der Waals surface area contributed by atoms with Crippen LogP contribution in [-0.2, 0) is 6.42 Å². The van der Waals surface area contributed by atoms with Gasteiger partial charge in [-0.2, -0.15) is 0 Å². The molecule has 3 N–H and O–H groups in total. The first-order valence-electron chi connectivity index (χ1n) is 6.65. The molecular weight excluding hydrogens is 212 g/mol. The van der Waals surface area contributed by atoms with Gasteiger partial charge in [-0.3, -0.25) is 0 Å². The molecule has 1 heterocycles. The predicted molar refractivity (Wildman–Crippen MR) is 68.7 cm³/mol. The number of nitrogen functional groups attached to an aromatic ring is 1. The molecular formula is C13H20N4. The Hall–Kier alpha value is -1.32. The first-order valence-corrected chi connectivity index (χ1v) is 6.65. The van der Waals surface area contributed by atoms with Gasteiger partial charge in [0.25, 0.3) is 0 Å². The van der Waals surface area contributed by atoms with E-state index in [1.807, 2.05) is 0 Å². The van der Waals surface area contributed by atoms with Gasteiger partial charge in [0.05, 0.1) is 0 Å². The van der Waals surface area contributed by atoms with Crippen molar-refractivity contribution in [1.82, 2.24) is 9.97 Å². The van der Waals surface area contributed by atoms with Gasteiger partial charge in [-0.25, -0.2) is 9.97 Å². The highest BCUT2D eigenvalue weighted by Crippen LogP contribution is 2.46. The van der Waals surface area contributed by atoms with Crippen molar-refractivity contribution in [2.45, 2.75) is 45.1 Å². The van der Waals surface area contributed by atoms with E-state index >= 15 is 0 Å². The highest BCUT2D eigenvalue weighted by atomic mass is 15.1. The van der Waals surface area contributed by atoms with Crippen molar-refractivity contribution < 1.29 is 0 Å². The first kappa shape index (κ1) is 10.8. The number of anilines is 2. The third-order valence-electron chi connectivity index (χ3n) is 3.90. The third-order valence-corrected chi connectivity index (χ3v) is 3.90. The van der Waals surface area contributed by atoms with Gasteiger partial charge in [0, 0.05) is 11.6 Å². The molecule has 0 unspecified atom stereocenters. The molecule has 0 aliphatic heterocycles. The summed E-state index contributed by atoms with van der Waals surface area (Å²) in [6.45, 7) is 2.10. The van der Waals surface area contributed by atoms with Crippen LogP contribution < -0.4 is 11.1 Å². The van der Waals surface area contributed by atoms with E-state index in [0.717, 1.165) is 29.6 Å². The maximum absolute atomic E-state index is 5.90. The summed E-state index contributed by atoms with van der Waals surface area (Å²) in [7, 11) is 0. The molecule has 2 fully saturated rings. The molecule has 0 saturated heterocycles. The quantitative estimate of drug-likeness (QED) is 0.817. The summed E-state index contributed by atoms with van der Waals surface area (Å²) in [5, 5.41) is 3.63. The lowest BCUT2D eigenvalue weighted by Gasteiger charge is -2.20. The Morgan fingerprint density at radius 3 is 2.47 bits per heavy atom. The molecule has 4 nitrogen and oxygen atoms in total. The minimum atomic E-state index is 0.620. The Morgan fingerprint density at radius 1 is 1.29 bits per heavy atom. The number of nitrogens with zero attached hydrogens (tertiary/aromatic N) is 2. The summed E-state index contributed by atoms with van der Waals surface area (Å²) < 4.78 is 0. The third kappa shape index (κ3) is 2.21. The Labute approximate surface area is 102 Å². The number of nitrogens with one attached hydrogen (secondary N) is 1. The van der Waals surface area contributed by atoms with E-state index < -0.39 is 0 Å². The van der Waals surface area contributed by atoms with Gasteiger partial charge < -0.3 is 11.1 Å². The molecule has 2 saturated carbocycles. The van der Waals surface area contributed by atoms with Gasteiger partial charge in [-0.15, -0.1) is 0 Å². The number of hydrogen-bond acceptors (Lipinski definition) is 4. The molecule has 0 bridgehead atoms. The van der Waals surface area contributed by atoms with Crippen molar-refractivity contribution in [2.75, 3.05) is 11.1 Å². The van der Waals surface area contributed by atoms with Crippen LogP contribution in [0.1, 0.15) is 38.2 Å². The normalized spacial score (nSPS) is 19.6. The van der Waals surface area contributed by atoms with Gasteiger partial charge in [-0.05, 0) is 43.9 Å². The van der Waals surface area contributed by atoms with E-state index in [4.69, 9.17) is 5.73 Å². The zero-order chi connectivity index (χ0) is 11.8. The maximum Gasteiger partial charge on any atom is 0.134 e. The fraction of sp³-hybridized carbons (Fsp3) is 0.692. The van der Waals surface area contributed by atoms with Crippen LogP contribution in [0.2, 0.25) is 0 Å². The molecule has 92 valence electrons. The second kappa shape index (κ2) is 4.17. The summed E-state index contributed by atoms with van der Waals surface area (Å²) in [5.74, 6) is 3.31. The number of hydrogen-bond donors (Lipinski definition) is 2. The van der Waals surface area contributed by atoms with E-state index in [9.17, 15) is 0 Å². The predicted octanol–water partition coefficient (Wildman–Crippen LogP) is 2.22. The van der Waals surface area contributed by atoms with Crippen molar-refractivity contribution in [3.63, 3.8) is 0 Å². The summed E-state index contributed by atoms with van der Waals surface area (Å²) in [5.41, 5.74) is 6.97. The zero-order valence-corrected chi connectivity index (χ0v) is 10.3. The van der Waals surface area contributed by atoms with Crippen LogP contribution in [0.25, 0.3) is 0 Å². The van der Waals surface area contributed by atoms with Gasteiger partial charge in [-0.1, -0.05) is 6.92 Å². The molecule has 2 aliphatic rings. The van der Waals surface area contributed by atoms with Crippen LogP contribution >= 0.6 is 0 Å². The smallest absolute Gasteiger partial charge is 0.134 e. The molecule has 0 amide bonds. The fourth-order valence-corrected chi connectivity index (χ4v) is 2.59. The minimum Gasteiger partial charge on any atom is -0.383 e. The molecule has 1 aromatic heterocycles. The number of aromatic nitrogens is 2. The van der Waals surface area contributed by atoms with Gasteiger partial charge in [0.1, 0.15) is 18.0 Å². The van der Waals surface area contributed by atoms with Gasteiger partial charge in [0.15, 0.2) is 0 Å². The van der Waals surface area contributed by atoms with Crippen LogP contribution in [0, 0.1) is 11.8 Å². The molecule has 3 rings (SSSR count). The largest absolute Gasteiger partial charge is 0.383 e. The van der Waals surface area contributed by atoms with Crippen LogP contribution in [0.4, 0.5) is 11.6 Å². The Morgan fingerprint density at radius 2 is 1.94 bits per heavy atom. The van der Waals surface area contributed by atoms with E-state index in [2.05, 4.69) is 22.2 Å². The van der Waals surface area contributed by atoms with Crippen LogP contribution in [-0.4, -0.2) is 16.0 Å². The fourth-order valence-electron chi connectivity index (χ4n) is 2.59. The monoisotopic (exact) mass is 232 g/mol. The SMILES string of the molecule is CCc1c(N)ncnc1NC(C1CC1)C1CC1. The Kier molecular flexibility index (Phi) is 2.65. The lowest BCUT2D eigenvalue weighted by Crippen LogP contribution is -2.25. The number of nitrogens with two attached hydrogens (primary N) is 1. The van der Waals surface area contributed by atoms with E-state index in [0.29, 0.717) is 11.9 Å². The summed E-state index contributed by atoms with van der Waals surface area (Å²) in [6.07, 6.45) is 7.93. The van der Waals surface area contributed by atoms with Crippen LogP contribution in [0.15, 0.2) is 6.33 Å². The second-order valence-corrected chi connectivity index (χ2v) is 5.28. The van der Waals surface area contributed by atoms with E-state index in [-0.39, 0.29) is 0 Å². The molecule has 0 atom stereocenters. The average Bonchev–Trinajstić information content (AvgIpc) is 3.16. The number of rotatable bonds is 5. The van der Waals surface area contributed by atoms with Gasteiger partial charge >= 0.3 is 0 Å². The minimum absolute atomic E-state index is 0.620. The molecule has 0 spiro atoms. The molecule has 2 aliphatic carbocycles. The molecule has 1 aromatic rings. The molecule has 17 heavy (non-hydrogen) atoms. The van der Waals surface area contributed by atoms with E-state index in [1.54, 1.807) is 6.33 Å². The van der Waals surface area contributed by atoms with Crippen LogP contribution in [0.3, 0.4) is 0 Å². The summed E-state index contributed by atoms with van der Waals surface area (Å²) >= 11 is 0. The van der Waals surface area contributed by atoms with Gasteiger partial charge in [0.2, 0.25) is 0 Å². The standard InChI is InChI=1S/C13H20N4/c1-2-10-12(14)15-7-16-13(10)17-11(8-3-4-8)9-5-6-9/h7-9,11H,2-6H2,1H3,(H3,14,15,16,17). The second-order valence-electron chi connectivity index (χ2n) is 5.28. The molecule has 0 aromatic carbocycles. The first-order chi connectivity index (χ1) is 8.29. The summed E-state index contributed by atoms with van der Waals surface area (Å²) in [4.78, 5) is 8.43. The van der Waals surface area contributed by atoms with Crippen LogP contribution in [0.5, 0.6) is 0 Å². The highest BCUT2D eigenvalue weighted by Gasteiger charge is 2.41. The average molecular weight is 232 g/mol. The zero-order valence-electron chi connectivity index (χ0n) is 10.3. The Balaban J connectivity index is 1.80. The van der Waals surface area contributed by atoms with E-state index in [1.165, 1.54) is 25.7 Å². The highest BCUT2D eigenvalue weighted by molar-refractivity contribution is 5.55. The molecule has 4 heteroatoms. The van der Waals surface area contributed by atoms with Crippen molar-refractivity contribution in [3.8, 4) is 0 Å². The van der Waals surface area contributed by atoms with Crippen molar-refractivity contribution in [3.05, 3.63) is 11.9 Å². The summed E-state index contributed by atoms with van der Waals surface area (Å²) in [6, 6.07) is 0.620. The molecule has 0 radical (unpaired) electrons. The Bertz CT molecular complexity index is 398. The van der Waals surface area contributed by atoms with Crippen molar-refractivity contribution in [1.29, 1.82) is 0 Å². The van der Waals surface area contributed by atoms with Crippen molar-refractivity contribution >= 4 is 11.6 Å². The van der Waals surface area contributed by atoms with Crippen molar-refractivity contribution in [2.24, 2.45) is 11.8 Å². The maximum atomic E-state index is 5.90. The topological polar surface area (TPSA) is 63.8 Å².